The maximum Gasteiger partial charge on any atom is 0.323 e. The summed E-state index contributed by atoms with van der Waals surface area (Å²) in [6.07, 6.45) is 3.13. The van der Waals surface area contributed by atoms with Crippen LogP contribution in [-0.2, 0) is 0 Å². The Morgan fingerprint density at radius 1 is 1.09 bits per heavy atom. The lowest BCUT2D eigenvalue weighted by molar-refractivity contribution is 0.104. The van der Waals surface area contributed by atoms with Crippen LogP contribution in [0.25, 0.3) is 11.0 Å². The van der Waals surface area contributed by atoms with Crippen molar-refractivity contribution in [1.82, 2.24) is 14.5 Å². The molecular formula is C24H23ClN6O2. The van der Waals surface area contributed by atoms with Gasteiger partial charge in [-0.2, -0.15) is 0 Å². The van der Waals surface area contributed by atoms with E-state index in [0.717, 1.165) is 5.56 Å². The molecule has 0 fully saturated rings. The fourth-order valence-corrected chi connectivity index (χ4v) is 3.75. The summed E-state index contributed by atoms with van der Waals surface area (Å²) in [6, 6.07) is 11.6. The number of hydrogen-bond donors (Lipinski definition) is 3. The summed E-state index contributed by atoms with van der Waals surface area (Å²) >= 11 is 6.15. The van der Waals surface area contributed by atoms with E-state index >= 15 is 0 Å². The second kappa shape index (κ2) is 8.91. The lowest BCUT2D eigenvalue weighted by atomic mass is 10.0. The average Bonchev–Trinajstić information content (AvgIpc) is 3.17. The summed E-state index contributed by atoms with van der Waals surface area (Å²) < 4.78 is 1.89. The number of benzene rings is 2. The number of nitrogens with zero attached hydrogens (tertiary/aromatic N) is 3. The van der Waals surface area contributed by atoms with Crippen LogP contribution in [0.1, 0.15) is 41.4 Å². The number of nitrogens with one attached hydrogen (secondary N) is 2. The summed E-state index contributed by atoms with van der Waals surface area (Å²) in [4.78, 5) is 34.2. The molecule has 0 atom stereocenters. The minimum atomic E-state index is -0.471. The van der Waals surface area contributed by atoms with E-state index in [0.29, 0.717) is 38.6 Å². The van der Waals surface area contributed by atoms with Crippen molar-refractivity contribution >= 4 is 51.6 Å². The number of amides is 2. The van der Waals surface area contributed by atoms with Crippen LogP contribution >= 0.6 is 11.6 Å². The Bertz CT molecular complexity index is 1380. The summed E-state index contributed by atoms with van der Waals surface area (Å²) in [5.74, 6) is -0.00173. The number of urea groups is 1. The molecule has 0 radical (unpaired) electrons. The molecule has 4 N–H and O–H groups in total. The Hall–Kier alpha value is -3.91. The highest BCUT2D eigenvalue weighted by molar-refractivity contribution is 6.33. The van der Waals surface area contributed by atoms with E-state index in [4.69, 9.17) is 17.3 Å². The third-order valence-electron chi connectivity index (χ3n) is 5.19. The Balaban J connectivity index is 1.61. The SMILES string of the molecule is Cc1ccc(Cl)c(NC(=O)Nc2cccc(C(=O)c3cn(C(C)C)c4ncnc(N)c34)c2)c1. The van der Waals surface area contributed by atoms with Gasteiger partial charge in [0.25, 0.3) is 0 Å². The van der Waals surface area contributed by atoms with Crippen LogP contribution in [0, 0.1) is 6.92 Å². The van der Waals surface area contributed by atoms with Gasteiger partial charge in [-0.05, 0) is 50.6 Å². The summed E-state index contributed by atoms with van der Waals surface area (Å²) in [6.45, 7) is 5.90. The van der Waals surface area contributed by atoms with E-state index in [1.54, 1.807) is 42.6 Å². The van der Waals surface area contributed by atoms with E-state index in [1.165, 1.54) is 6.33 Å². The fraction of sp³-hybridized carbons (Fsp3) is 0.167. The summed E-state index contributed by atoms with van der Waals surface area (Å²) in [5.41, 5.74) is 9.41. The van der Waals surface area contributed by atoms with Crippen LogP contribution in [0.3, 0.4) is 0 Å². The highest BCUT2D eigenvalue weighted by Crippen LogP contribution is 2.29. The smallest absolute Gasteiger partial charge is 0.323 e. The van der Waals surface area contributed by atoms with Crippen LogP contribution in [0.2, 0.25) is 5.02 Å². The van der Waals surface area contributed by atoms with Gasteiger partial charge in [-0.3, -0.25) is 4.79 Å². The molecule has 0 saturated carbocycles. The number of halogens is 1. The highest BCUT2D eigenvalue weighted by atomic mass is 35.5. The standard InChI is InChI=1S/C24H23ClN6O2/c1-13(2)31-11-17(20-22(26)27-12-28-23(20)31)21(32)15-5-4-6-16(10-15)29-24(33)30-19-9-14(3)7-8-18(19)25/h4-13H,1-3H3,(H2,26,27,28)(H2,29,30,33). The number of nitrogen functional groups attached to an aromatic ring is 1. The molecule has 0 bridgehead atoms. The Morgan fingerprint density at radius 3 is 2.64 bits per heavy atom. The molecule has 0 aliphatic carbocycles. The monoisotopic (exact) mass is 462 g/mol. The quantitative estimate of drug-likeness (QED) is 0.342. The van der Waals surface area contributed by atoms with Crippen LogP contribution in [0.5, 0.6) is 0 Å². The third-order valence-corrected chi connectivity index (χ3v) is 5.52. The van der Waals surface area contributed by atoms with Crippen molar-refractivity contribution in [1.29, 1.82) is 0 Å². The minimum Gasteiger partial charge on any atom is -0.383 e. The van der Waals surface area contributed by atoms with Gasteiger partial charge in [0, 0.05) is 23.5 Å². The van der Waals surface area contributed by atoms with Crippen LogP contribution < -0.4 is 16.4 Å². The second-order valence-corrected chi connectivity index (χ2v) is 8.38. The largest absolute Gasteiger partial charge is 0.383 e. The molecule has 0 saturated heterocycles. The second-order valence-electron chi connectivity index (χ2n) is 7.97. The van der Waals surface area contributed by atoms with Gasteiger partial charge in [0.2, 0.25) is 0 Å². The number of aromatic nitrogens is 3. The number of anilines is 3. The number of fused-ring (bicyclic) bond motifs is 1. The van der Waals surface area contributed by atoms with Gasteiger partial charge >= 0.3 is 6.03 Å². The van der Waals surface area contributed by atoms with Crippen LogP contribution in [0.15, 0.2) is 55.0 Å². The first-order valence-electron chi connectivity index (χ1n) is 10.3. The summed E-state index contributed by atoms with van der Waals surface area (Å²) in [7, 11) is 0. The lowest BCUT2D eigenvalue weighted by Crippen LogP contribution is -2.20. The molecule has 0 aliphatic rings. The normalized spacial score (nSPS) is 11.1. The number of carbonyl (C=O) groups is 2. The molecule has 4 aromatic rings. The maximum absolute atomic E-state index is 13.4. The predicted molar refractivity (Wildman–Crippen MR) is 131 cm³/mol. The molecule has 9 heteroatoms. The van der Waals surface area contributed by atoms with Gasteiger partial charge in [-0.25, -0.2) is 14.8 Å². The van der Waals surface area contributed by atoms with Crippen molar-refractivity contribution in [2.75, 3.05) is 16.4 Å². The van der Waals surface area contributed by atoms with Gasteiger partial charge in [0.1, 0.15) is 17.8 Å². The molecule has 168 valence electrons. The fourth-order valence-electron chi connectivity index (χ4n) is 3.59. The van der Waals surface area contributed by atoms with E-state index in [1.807, 2.05) is 31.4 Å². The Labute approximate surface area is 195 Å². The number of nitrogens with two attached hydrogens (primary N) is 1. The molecule has 4 rings (SSSR count). The van der Waals surface area contributed by atoms with Crippen molar-refractivity contribution < 1.29 is 9.59 Å². The number of carbonyl (C=O) groups excluding carboxylic acids is 2. The molecule has 2 heterocycles. The molecule has 0 unspecified atom stereocenters. The first kappa shape index (κ1) is 22.3. The lowest BCUT2D eigenvalue weighted by Gasteiger charge is -2.10. The number of hydrogen-bond acceptors (Lipinski definition) is 5. The Kier molecular flexibility index (Phi) is 6.02. The topological polar surface area (TPSA) is 115 Å². The van der Waals surface area contributed by atoms with Crippen LogP contribution in [-0.4, -0.2) is 26.3 Å². The molecule has 2 aromatic carbocycles. The number of aryl methyl sites for hydroxylation is 1. The number of ketones is 1. The molecule has 2 aromatic heterocycles. The molecule has 8 nitrogen and oxygen atoms in total. The minimum absolute atomic E-state index is 0.0773. The van der Waals surface area contributed by atoms with Crippen molar-refractivity contribution in [3.8, 4) is 0 Å². The molecule has 2 amide bonds. The average molecular weight is 463 g/mol. The molecule has 33 heavy (non-hydrogen) atoms. The first-order valence-corrected chi connectivity index (χ1v) is 10.7. The van der Waals surface area contributed by atoms with E-state index in [9.17, 15) is 9.59 Å². The summed E-state index contributed by atoms with van der Waals surface area (Å²) in [5, 5.41) is 6.41. The number of rotatable bonds is 5. The zero-order valence-electron chi connectivity index (χ0n) is 18.4. The van der Waals surface area contributed by atoms with Gasteiger partial charge in [-0.1, -0.05) is 29.8 Å². The predicted octanol–water partition coefficient (Wildman–Crippen LogP) is 5.43. The van der Waals surface area contributed by atoms with Gasteiger partial charge < -0.3 is 20.9 Å². The molecular weight excluding hydrogens is 440 g/mol. The molecule has 0 aliphatic heterocycles. The van der Waals surface area contributed by atoms with Crippen LogP contribution in [0.4, 0.5) is 22.0 Å². The van der Waals surface area contributed by atoms with Crippen molar-refractivity contribution in [2.24, 2.45) is 0 Å². The zero-order valence-corrected chi connectivity index (χ0v) is 19.1. The van der Waals surface area contributed by atoms with Crippen molar-refractivity contribution in [2.45, 2.75) is 26.8 Å². The zero-order chi connectivity index (χ0) is 23.7. The highest BCUT2D eigenvalue weighted by Gasteiger charge is 2.21. The Morgan fingerprint density at radius 2 is 1.88 bits per heavy atom. The van der Waals surface area contributed by atoms with Crippen molar-refractivity contribution in [3.63, 3.8) is 0 Å². The van der Waals surface area contributed by atoms with E-state index in [2.05, 4.69) is 20.6 Å². The van der Waals surface area contributed by atoms with E-state index < -0.39 is 6.03 Å². The molecule has 0 spiro atoms. The van der Waals surface area contributed by atoms with Gasteiger partial charge in [0.15, 0.2) is 5.78 Å². The van der Waals surface area contributed by atoms with Gasteiger partial charge in [0.05, 0.1) is 21.7 Å². The van der Waals surface area contributed by atoms with Gasteiger partial charge in [-0.15, -0.1) is 0 Å². The van der Waals surface area contributed by atoms with Crippen molar-refractivity contribution in [3.05, 3.63) is 76.7 Å². The first-order chi connectivity index (χ1) is 15.7. The third kappa shape index (κ3) is 4.51. The maximum atomic E-state index is 13.4. The van der Waals surface area contributed by atoms with E-state index in [-0.39, 0.29) is 17.6 Å².